The van der Waals surface area contributed by atoms with Crippen LogP contribution >= 0.6 is 12.2 Å². The van der Waals surface area contributed by atoms with Crippen LogP contribution in [-0.2, 0) is 6.42 Å². The van der Waals surface area contributed by atoms with E-state index in [2.05, 4.69) is 27.9 Å². The number of rotatable bonds is 3. The largest absolute Gasteiger partial charge is 0.343 e. The van der Waals surface area contributed by atoms with E-state index in [-0.39, 0.29) is 0 Å². The minimum absolute atomic E-state index is 0.675. The molecule has 18 heavy (non-hydrogen) atoms. The van der Waals surface area contributed by atoms with E-state index in [0.29, 0.717) is 4.64 Å². The van der Waals surface area contributed by atoms with Gasteiger partial charge in [-0.2, -0.15) is 0 Å². The van der Waals surface area contributed by atoms with Crippen LogP contribution in [0.4, 0.5) is 0 Å². The molecule has 2 aromatic heterocycles. The smallest absolute Gasteiger partial charge is 0.133 e. The average molecular weight is 259 g/mol. The standard InChI is InChI=1S/C14H17N3S/c1-4-5-12-16-13(10(3)14(18)17-12)11-6-9(2)7-15-8-11/h6-8H,4-5H2,1-3H3,(H,16,17,18). The lowest BCUT2D eigenvalue weighted by atomic mass is 10.1. The number of aryl methyl sites for hydroxylation is 2. The Bertz CT molecular complexity index is 617. The summed E-state index contributed by atoms with van der Waals surface area (Å²) < 4.78 is 0.675. The maximum absolute atomic E-state index is 5.32. The SMILES string of the molecule is CCCc1nc(=S)c(C)c(-c2cncc(C)c2)[nH]1. The summed E-state index contributed by atoms with van der Waals surface area (Å²) in [6.07, 6.45) is 5.67. The third kappa shape index (κ3) is 2.64. The number of H-pyrrole nitrogens is 1. The van der Waals surface area contributed by atoms with Gasteiger partial charge in [-0.05, 0) is 31.9 Å². The predicted octanol–water partition coefficient (Wildman–Crippen LogP) is 3.77. The van der Waals surface area contributed by atoms with E-state index >= 15 is 0 Å². The van der Waals surface area contributed by atoms with Gasteiger partial charge in [-0.1, -0.05) is 19.1 Å². The average Bonchev–Trinajstić information content (AvgIpc) is 2.34. The molecule has 2 aromatic rings. The molecular formula is C14H17N3S. The molecule has 0 radical (unpaired) electrons. The van der Waals surface area contributed by atoms with E-state index in [9.17, 15) is 0 Å². The number of pyridine rings is 1. The highest BCUT2D eigenvalue weighted by atomic mass is 32.1. The van der Waals surface area contributed by atoms with Gasteiger partial charge in [0, 0.05) is 29.9 Å². The van der Waals surface area contributed by atoms with E-state index in [1.54, 1.807) is 0 Å². The van der Waals surface area contributed by atoms with Crippen molar-refractivity contribution in [3.8, 4) is 11.3 Å². The molecule has 3 nitrogen and oxygen atoms in total. The van der Waals surface area contributed by atoms with Gasteiger partial charge >= 0.3 is 0 Å². The third-order valence-electron chi connectivity index (χ3n) is 2.85. The van der Waals surface area contributed by atoms with E-state index in [4.69, 9.17) is 12.2 Å². The molecule has 0 atom stereocenters. The summed E-state index contributed by atoms with van der Waals surface area (Å²) in [5.74, 6) is 0.949. The van der Waals surface area contributed by atoms with E-state index in [1.165, 1.54) is 0 Å². The van der Waals surface area contributed by atoms with Crippen molar-refractivity contribution in [3.63, 3.8) is 0 Å². The molecular weight excluding hydrogens is 242 g/mol. The molecule has 0 aromatic carbocycles. The first-order chi connectivity index (χ1) is 8.61. The lowest BCUT2D eigenvalue weighted by molar-refractivity contribution is 0.829. The van der Waals surface area contributed by atoms with Crippen LogP contribution in [0.1, 0.15) is 30.3 Å². The fraction of sp³-hybridized carbons (Fsp3) is 0.357. The number of nitrogens with one attached hydrogen (secondary N) is 1. The number of hydrogen-bond donors (Lipinski definition) is 1. The summed E-state index contributed by atoms with van der Waals surface area (Å²) in [6, 6.07) is 2.11. The van der Waals surface area contributed by atoms with Crippen molar-refractivity contribution in [2.75, 3.05) is 0 Å². The van der Waals surface area contributed by atoms with Crippen LogP contribution in [0.5, 0.6) is 0 Å². The third-order valence-corrected chi connectivity index (χ3v) is 3.25. The van der Waals surface area contributed by atoms with Gasteiger partial charge in [0.2, 0.25) is 0 Å². The summed E-state index contributed by atoms with van der Waals surface area (Å²) in [6.45, 7) is 6.17. The minimum Gasteiger partial charge on any atom is -0.343 e. The fourth-order valence-electron chi connectivity index (χ4n) is 1.91. The summed E-state index contributed by atoms with van der Waals surface area (Å²) >= 11 is 5.32. The molecule has 0 unspecified atom stereocenters. The lowest BCUT2D eigenvalue weighted by Gasteiger charge is -2.09. The van der Waals surface area contributed by atoms with Gasteiger partial charge in [0.1, 0.15) is 10.5 Å². The van der Waals surface area contributed by atoms with Crippen molar-refractivity contribution in [3.05, 3.63) is 40.1 Å². The van der Waals surface area contributed by atoms with Gasteiger partial charge in [0.05, 0.1) is 5.69 Å². The Hall–Kier alpha value is -1.55. The predicted molar refractivity (Wildman–Crippen MR) is 76.1 cm³/mol. The Balaban J connectivity index is 2.59. The maximum Gasteiger partial charge on any atom is 0.133 e. The van der Waals surface area contributed by atoms with Crippen LogP contribution in [0.25, 0.3) is 11.3 Å². The second kappa shape index (κ2) is 5.40. The maximum atomic E-state index is 5.32. The van der Waals surface area contributed by atoms with E-state index in [0.717, 1.165) is 41.1 Å². The zero-order valence-corrected chi connectivity index (χ0v) is 11.8. The Morgan fingerprint density at radius 2 is 2.06 bits per heavy atom. The van der Waals surface area contributed by atoms with Gasteiger partial charge in [-0.25, -0.2) is 4.98 Å². The van der Waals surface area contributed by atoms with Crippen LogP contribution < -0.4 is 0 Å². The Labute approximate surface area is 112 Å². The van der Waals surface area contributed by atoms with E-state index < -0.39 is 0 Å². The molecule has 0 saturated heterocycles. The van der Waals surface area contributed by atoms with Crippen molar-refractivity contribution < 1.29 is 0 Å². The molecule has 0 aliphatic rings. The van der Waals surface area contributed by atoms with Gasteiger partial charge in [-0.3, -0.25) is 4.98 Å². The molecule has 0 aliphatic heterocycles. The minimum atomic E-state index is 0.675. The highest BCUT2D eigenvalue weighted by Crippen LogP contribution is 2.21. The van der Waals surface area contributed by atoms with Gasteiger partial charge in [-0.15, -0.1) is 0 Å². The van der Waals surface area contributed by atoms with Crippen LogP contribution in [0.3, 0.4) is 0 Å². The molecule has 0 saturated carbocycles. The molecule has 2 heterocycles. The molecule has 4 heteroatoms. The quantitative estimate of drug-likeness (QED) is 0.853. The number of aromatic amines is 1. The van der Waals surface area contributed by atoms with Gasteiger partial charge in [0.25, 0.3) is 0 Å². The van der Waals surface area contributed by atoms with E-state index in [1.807, 2.05) is 26.2 Å². The first-order valence-electron chi connectivity index (χ1n) is 6.13. The Morgan fingerprint density at radius 1 is 1.28 bits per heavy atom. The molecule has 2 rings (SSSR count). The van der Waals surface area contributed by atoms with Crippen molar-refractivity contribution in [1.82, 2.24) is 15.0 Å². The number of hydrogen-bond acceptors (Lipinski definition) is 3. The molecule has 0 amide bonds. The molecule has 0 bridgehead atoms. The Morgan fingerprint density at radius 3 is 2.72 bits per heavy atom. The zero-order valence-electron chi connectivity index (χ0n) is 10.9. The van der Waals surface area contributed by atoms with Gasteiger partial charge in [0.15, 0.2) is 0 Å². The molecule has 1 N–H and O–H groups in total. The summed E-state index contributed by atoms with van der Waals surface area (Å²) in [4.78, 5) is 12.0. The summed E-state index contributed by atoms with van der Waals surface area (Å²) in [7, 11) is 0. The van der Waals surface area contributed by atoms with Gasteiger partial charge < -0.3 is 4.98 Å². The first-order valence-corrected chi connectivity index (χ1v) is 6.54. The second-order valence-corrected chi connectivity index (χ2v) is 4.88. The first kappa shape index (κ1) is 12.9. The van der Waals surface area contributed by atoms with Crippen LogP contribution in [0.15, 0.2) is 18.5 Å². The lowest BCUT2D eigenvalue weighted by Crippen LogP contribution is -2.00. The molecule has 0 spiro atoms. The van der Waals surface area contributed by atoms with Crippen LogP contribution in [0.2, 0.25) is 0 Å². The monoisotopic (exact) mass is 259 g/mol. The van der Waals surface area contributed by atoms with Crippen molar-refractivity contribution in [2.45, 2.75) is 33.6 Å². The fourth-order valence-corrected chi connectivity index (χ4v) is 2.13. The Kier molecular flexibility index (Phi) is 3.87. The highest BCUT2D eigenvalue weighted by molar-refractivity contribution is 7.71. The number of nitrogens with zero attached hydrogens (tertiary/aromatic N) is 2. The molecule has 94 valence electrons. The topological polar surface area (TPSA) is 41.6 Å². The summed E-state index contributed by atoms with van der Waals surface area (Å²) in [5, 5.41) is 0. The van der Waals surface area contributed by atoms with Crippen molar-refractivity contribution in [2.24, 2.45) is 0 Å². The normalized spacial score (nSPS) is 10.6. The number of aromatic nitrogens is 3. The van der Waals surface area contributed by atoms with Crippen LogP contribution in [0, 0.1) is 18.5 Å². The summed E-state index contributed by atoms with van der Waals surface area (Å²) in [5.41, 5.74) is 4.25. The highest BCUT2D eigenvalue weighted by Gasteiger charge is 2.07. The van der Waals surface area contributed by atoms with Crippen molar-refractivity contribution >= 4 is 12.2 Å². The van der Waals surface area contributed by atoms with Crippen LogP contribution in [-0.4, -0.2) is 15.0 Å². The molecule has 0 fully saturated rings. The zero-order chi connectivity index (χ0) is 13.1. The second-order valence-electron chi connectivity index (χ2n) is 4.49. The molecule has 0 aliphatic carbocycles. The van der Waals surface area contributed by atoms with Crippen molar-refractivity contribution in [1.29, 1.82) is 0 Å².